The molecule has 0 aromatic heterocycles. The highest BCUT2D eigenvalue weighted by molar-refractivity contribution is 5.75. The lowest BCUT2D eigenvalue weighted by atomic mass is 9.75. The van der Waals surface area contributed by atoms with E-state index in [1.807, 2.05) is 19.9 Å². The van der Waals surface area contributed by atoms with E-state index >= 15 is 0 Å². The molecule has 0 aliphatic heterocycles. The van der Waals surface area contributed by atoms with Crippen molar-refractivity contribution in [3.8, 4) is 5.75 Å². The number of carbonyl (C=O) groups is 1. The molecule has 0 spiro atoms. The normalized spacial score (nSPS) is 13.2. The van der Waals surface area contributed by atoms with Crippen LogP contribution >= 0.6 is 0 Å². The van der Waals surface area contributed by atoms with Crippen LogP contribution in [-0.2, 0) is 21.4 Å². The topological polar surface area (TPSA) is 35.5 Å². The van der Waals surface area contributed by atoms with Crippen LogP contribution in [0.15, 0.2) is 72.8 Å². The molecule has 1 atom stereocenters. The van der Waals surface area contributed by atoms with Crippen LogP contribution in [0.3, 0.4) is 0 Å². The van der Waals surface area contributed by atoms with Gasteiger partial charge in [0.1, 0.15) is 5.75 Å². The molecule has 3 heteroatoms. The van der Waals surface area contributed by atoms with Gasteiger partial charge in [0.2, 0.25) is 0 Å². The first-order valence-corrected chi connectivity index (χ1v) is 13.1. The number of hydrogen-bond acceptors (Lipinski definition) is 3. The number of esters is 1. The summed E-state index contributed by atoms with van der Waals surface area (Å²) in [5.41, 5.74) is 5.45. The van der Waals surface area contributed by atoms with E-state index in [2.05, 4.69) is 94.4 Å². The molecule has 36 heavy (non-hydrogen) atoms. The first-order chi connectivity index (χ1) is 17.1. The highest BCUT2D eigenvalue weighted by atomic mass is 16.5. The molecule has 0 bridgehead atoms. The molecule has 0 fully saturated rings. The molecular weight excluding hydrogens is 444 g/mol. The van der Waals surface area contributed by atoms with Crippen molar-refractivity contribution in [3.63, 3.8) is 0 Å². The van der Waals surface area contributed by atoms with Crippen molar-refractivity contribution in [2.24, 2.45) is 5.41 Å². The molecule has 1 unspecified atom stereocenters. The molecule has 0 aliphatic carbocycles. The Balaban J connectivity index is 1.54. The van der Waals surface area contributed by atoms with Crippen molar-refractivity contribution in [1.29, 1.82) is 0 Å². The van der Waals surface area contributed by atoms with Crippen LogP contribution in [0.4, 0.5) is 0 Å². The quantitative estimate of drug-likeness (QED) is 0.193. The van der Waals surface area contributed by atoms with Crippen molar-refractivity contribution >= 4 is 5.97 Å². The lowest BCUT2D eigenvalue weighted by Crippen LogP contribution is -2.31. The smallest absolute Gasteiger partial charge is 0.311 e. The molecule has 3 aromatic carbocycles. The van der Waals surface area contributed by atoms with E-state index in [0.29, 0.717) is 13.2 Å². The van der Waals surface area contributed by atoms with Gasteiger partial charge in [-0.1, -0.05) is 79.2 Å². The number of benzene rings is 3. The standard InChI is InChI=1S/C33H42O3/c1-25-14-17-29(18-15-25)33(6,24-28-11-8-7-9-12-28)20-22-36-31(34)32(4,5)19-10-21-35-30-23-26(2)13-16-27(30)3/h7-9,11-18,23H,10,19-22,24H2,1-6H3. The Bertz CT molecular complexity index is 1120. The third-order valence-electron chi connectivity index (χ3n) is 7.17. The second kappa shape index (κ2) is 12.3. The summed E-state index contributed by atoms with van der Waals surface area (Å²) in [6.45, 7) is 13.4. The van der Waals surface area contributed by atoms with Crippen LogP contribution in [0.1, 0.15) is 67.9 Å². The van der Waals surface area contributed by atoms with E-state index in [0.717, 1.165) is 37.0 Å². The number of ether oxygens (including phenoxy) is 2. The molecule has 0 aliphatic rings. The van der Waals surface area contributed by atoms with Crippen LogP contribution in [0.5, 0.6) is 5.75 Å². The molecule has 0 N–H and O–H groups in total. The van der Waals surface area contributed by atoms with Gasteiger partial charge in [-0.2, -0.15) is 0 Å². The molecule has 0 saturated heterocycles. The molecular formula is C33H42O3. The van der Waals surface area contributed by atoms with Gasteiger partial charge in [0, 0.05) is 0 Å². The Morgan fingerprint density at radius 2 is 1.44 bits per heavy atom. The zero-order chi connectivity index (χ0) is 26.2. The van der Waals surface area contributed by atoms with Gasteiger partial charge in [0.05, 0.1) is 18.6 Å². The summed E-state index contributed by atoms with van der Waals surface area (Å²) in [5, 5.41) is 0. The van der Waals surface area contributed by atoms with Crippen molar-refractivity contribution in [3.05, 3.63) is 101 Å². The second-order valence-electron chi connectivity index (χ2n) is 11.1. The van der Waals surface area contributed by atoms with Gasteiger partial charge in [-0.05, 0) is 94.0 Å². The van der Waals surface area contributed by atoms with Crippen LogP contribution < -0.4 is 4.74 Å². The molecule has 3 aromatic rings. The van der Waals surface area contributed by atoms with Crippen LogP contribution in [-0.4, -0.2) is 19.2 Å². The zero-order valence-corrected chi connectivity index (χ0v) is 22.9. The van der Waals surface area contributed by atoms with Crippen molar-refractivity contribution in [2.75, 3.05) is 13.2 Å². The largest absolute Gasteiger partial charge is 0.493 e. The molecule has 3 nitrogen and oxygen atoms in total. The third-order valence-corrected chi connectivity index (χ3v) is 7.17. The fraction of sp³-hybridized carbons (Fsp3) is 0.424. The first-order valence-electron chi connectivity index (χ1n) is 13.1. The van der Waals surface area contributed by atoms with E-state index < -0.39 is 5.41 Å². The van der Waals surface area contributed by atoms with E-state index in [4.69, 9.17) is 9.47 Å². The fourth-order valence-corrected chi connectivity index (χ4v) is 4.56. The summed E-state index contributed by atoms with van der Waals surface area (Å²) in [5.74, 6) is 0.782. The van der Waals surface area contributed by atoms with Gasteiger partial charge in [-0.3, -0.25) is 4.79 Å². The van der Waals surface area contributed by atoms with E-state index in [9.17, 15) is 4.79 Å². The maximum Gasteiger partial charge on any atom is 0.311 e. The SMILES string of the molecule is Cc1ccc(C(C)(CCOC(=O)C(C)(C)CCCOc2cc(C)ccc2C)Cc2ccccc2)cc1. The Morgan fingerprint density at radius 3 is 2.14 bits per heavy atom. The summed E-state index contributed by atoms with van der Waals surface area (Å²) in [4.78, 5) is 13.0. The van der Waals surface area contributed by atoms with Crippen molar-refractivity contribution in [1.82, 2.24) is 0 Å². The summed E-state index contributed by atoms with van der Waals surface area (Å²) in [6, 6.07) is 25.5. The lowest BCUT2D eigenvalue weighted by Gasteiger charge is -2.31. The predicted octanol–water partition coefficient (Wildman–Crippen LogP) is 7.93. The molecule has 0 heterocycles. The summed E-state index contributed by atoms with van der Waals surface area (Å²) >= 11 is 0. The number of hydrogen-bond donors (Lipinski definition) is 0. The van der Waals surface area contributed by atoms with E-state index in [1.165, 1.54) is 22.3 Å². The maximum atomic E-state index is 13.0. The van der Waals surface area contributed by atoms with Crippen molar-refractivity contribution in [2.45, 2.75) is 72.6 Å². The average Bonchev–Trinajstić information content (AvgIpc) is 2.84. The fourth-order valence-electron chi connectivity index (χ4n) is 4.56. The summed E-state index contributed by atoms with van der Waals surface area (Å²) in [7, 11) is 0. The third kappa shape index (κ3) is 7.71. The Kier molecular flexibility index (Phi) is 9.37. The number of rotatable bonds is 12. The summed E-state index contributed by atoms with van der Waals surface area (Å²) in [6.07, 6.45) is 3.18. The Labute approximate surface area is 217 Å². The van der Waals surface area contributed by atoms with Crippen molar-refractivity contribution < 1.29 is 14.3 Å². The van der Waals surface area contributed by atoms with E-state index in [1.54, 1.807) is 0 Å². The monoisotopic (exact) mass is 486 g/mol. The van der Waals surface area contributed by atoms with Gasteiger partial charge in [0.15, 0.2) is 0 Å². The molecule has 0 amide bonds. The van der Waals surface area contributed by atoms with Gasteiger partial charge < -0.3 is 9.47 Å². The molecule has 3 rings (SSSR count). The second-order valence-corrected chi connectivity index (χ2v) is 11.1. The zero-order valence-electron chi connectivity index (χ0n) is 22.9. The van der Waals surface area contributed by atoms with Gasteiger partial charge >= 0.3 is 5.97 Å². The molecule has 0 saturated carbocycles. The van der Waals surface area contributed by atoms with Gasteiger partial charge in [-0.25, -0.2) is 0 Å². The van der Waals surface area contributed by atoms with Crippen LogP contribution in [0.2, 0.25) is 0 Å². The Hall–Kier alpha value is -3.07. The number of carbonyl (C=O) groups excluding carboxylic acids is 1. The minimum absolute atomic E-state index is 0.126. The van der Waals surface area contributed by atoms with Gasteiger partial charge in [-0.15, -0.1) is 0 Å². The Morgan fingerprint density at radius 1 is 0.778 bits per heavy atom. The first kappa shape index (κ1) is 27.5. The number of aryl methyl sites for hydroxylation is 3. The van der Waals surface area contributed by atoms with Gasteiger partial charge in [0.25, 0.3) is 0 Å². The summed E-state index contributed by atoms with van der Waals surface area (Å²) < 4.78 is 11.8. The minimum Gasteiger partial charge on any atom is -0.493 e. The maximum absolute atomic E-state index is 13.0. The van der Waals surface area contributed by atoms with Crippen LogP contribution in [0, 0.1) is 26.2 Å². The van der Waals surface area contributed by atoms with Crippen LogP contribution in [0.25, 0.3) is 0 Å². The van der Waals surface area contributed by atoms with E-state index in [-0.39, 0.29) is 11.4 Å². The average molecular weight is 487 g/mol. The molecule has 0 radical (unpaired) electrons. The highest BCUT2D eigenvalue weighted by Gasteiger charge is 2.31. The highest BCUT2D eigenvalue weighted by Crippen LogP contribution is 2.33. The minimum atomic E-state index is -0.551. The predicted molar refractivity (Wildman–Crippen MR) is 149 cm³/mol. The lowest BCUT2D eigenvalue weighted by molar-refractivity contribution is -0.154. The molecule has 192 valence electrons.